The zero-order valence-corrected chi connectivity index (χ0v) is 15.5. The SMILES string of the molecule is CCOc1cccc(N=Cc2ccc(Sc3ccc(Cl)cc3)s2)c1. The van der Waals surface area contributed by atoms with Crippen molar-refractivity contribution in [1.29, 1.82) is 0 Å². The smallest absolute Gasteiger partial charge is 0.121 e. The van der Waals surface area contributed by atoms with Gasteiger partial charge in [-0.15, -0.1) is 11.3 Å². The summed E-state index contributed by atoms with van der Waals surface area (Å²) in [4.78, 5) is 6.82. The lowest BCUT2D eigenvalue weighted by molar-refractivity contribution is 0.340. The van der Waals surface area contributed by atoms with Crippen molar-refractivity contribution in [3.63, 3.8) is 0 Å². The molecule has 1 heterocycles. The fourth-order valence-electron chi connectivity index (χ4n) is 2.04. The molecule has 122 valence electrons. The standard InChI is InChI=1S/C19H16ClNOS2/c1-2-22-16-5-3-4-15(12-16)21-13-18-10-11-19(24-18)23-17-8-6-14(20)7-9-17/h3-13H,2H2,1H3. The van der Waals surface area contributed by atoms with E-state index in [9.17, 15) is 0 Å². The van der Waals surface area contributed by atoms with Crippen LogP contribution in [0.25, 0.3) is 0 Å². The number of nitrogens with zero attached hydrogens (tertiary/aromatic N) is 1. The first kappa shape index (κ1) is 17.1. The van der Waals surface area contributed by atoms with E-state index in [0.717, 1.165) is 21.3 Å². The molecule has 0 spiro atoms. The van der Waals surface area contributed by atoms with Gasteiger partial charge >= 0.3 is 0 Å². The molecular weight excluding hydrogens is 358 g/mol. The first-order chi connectivity index (χ1) is 11.7. The molecule has 0 amide bonds. The number of thiophene rings is 1. The molecule has 0 saturated carbocycles. The van der Waals surface area contributed by atoms with Crippen molar-refractivity contribution in [3.05, 3.63) is 70.6 Å². The van der Waals surface area contributed by atoms with Gasteiger partial charge in [0.15, 0.2) is 0 Å². The summed E-state index contributed by atoms with van der Waals surface area (Å²) in [5, 5.41) is 0.757. The van der Waals surface area contributed by atoms with Crippen molar-refractivity contribution in [3.8, 4) is 5.75 Å². The zero-order chi connectivity index (χ0) is 16.8. The topological polar surface area (TPSA) is 21.6 Å². The first-order valence-corrected chi connectivity index (χ1v) is 9.54. The third-order valence-corrected chi connectivity index (χ3v) is 5.52. The van der Waals surface area contributed by atoms with Gasteiger partial charge in [-0.05, 0) is 55.5 Å². The number of halogens is 1. The molecule has 3 rings (SSSR count). The number of benzene rings is 2. The highest BCUT2D eigenvalue weighted by molar-refractivity contribution is 8.01. The monoisotopic (exact) mass is 373 g/mol. The maximum atomic E-state index is 5.92. The van der Waals surface area contributed by atoms with Crippen molar-refractivity contribution in [2.75, 3.05) is 6.61 Å². The van der Waals surface area contributed by atoms with E-state index in [-0.39, 0.29) is 0 Å². The van der Waals surface area contributed by atoms with Crippen LogP contribution in [0, 0.1) is 0 Å². The Morgan fingerprint density at radius 3 is 2.75 bits per heavy atom. The van der Waals surface area contributed by atoms with Crippen LogP contribution >= 0.6 is 34.7 Å². The molecule has 0 N–H and O–H groups in total. The lowest BCUT2D eigenvalue weighted by atomic mass is 10.3. The van der Waals surface area contributed by atoms with E-state index >= 15 is 0 Å². The van der Waals surface area contributed by atoms with Crippen LogP contribution in [0.2, 0.25) is 5.02 Å². The number of hydrogen-bond acceptors (Lipinski definition) is 4. The molecule has 0 fully saturated rings. The fourth-order valence-corrected chi connectivity index (χ4v) is 4.16. The molecule has 0 aliphatic carbocycles. The van der Waals surface area contributed by atoms with Crippen molar-refractivity contribution >= 4 is 46.6 Å². The normalized spacial score (nSPS) is 11.1. The molecule has 0 aliphatic rings. The van der Waals surface area contributed by atoms with E-state index in [1.165, 1.54) is 9.10 Å². The quantitative estimate of drug-likeness (QED) is 0.448. The van der Waals surface area contributed by atoms with Gasteiger partial charge in [0.1, 0.15) is 5.75 Å². The first-order valence-electron chi connectivity index (χ1n) is 7.53. The van der Waals surface area contributed by atoms with Gasteiger partial charge in [-0.25, -0.2) is 0 Å². The van der Waals surface area contributed by atoms with Gasteiger partial charge in [0.25, 0.3) is 0 Å². The van der Waals surface area contributed by atoms with Crippen LogP contribution in [0.5, 0.6) is 5.75 Å². The van der Waals surface area contributed by atoms with E-state index < -0.39 is 0 Å². The zero-order valence-electron chi connectivity index (χ0n) is 13.1. The van der Waals surface area contributed by atoms with Gasteiger partial charge < -0.3 is 4.74 Å². The largest absolute Gasteiger partial charge is 0.494 e. The Kier molecular flexibility index (Phi) is 5.96. The van der Waals surface area contributed by atoms with E-state index in [0.29, 0.717) is 6.61 Å². The summed E-state index contributed by atoms with van der Waals surface area (Å²) in [5.74, 6) is 0.845. The van der Waals surface area contributed by atoms with Crippen LogP contribution in [-0.4, -0.2) is 12.8 Å². The summed E-state index contributed by atoms with van der Waals surface area (Å²) in [6, 6.07) is 19.9. The van der Waals surface area contributed by atoms with Gasteiger partial charge in [0.2, 0.25) is 0 Å². The Morgan fingerprint density at radius 2 is 1.96 bits per heavy atom. The number of hydrogen-bond donors (Lipinski definition) is 0. The number of aliphatic imine (C=N–C) groups is 1. The summed E-state index contributed by atoms with van der Waals surface area (Å²) in [6.45, 7) is 2.63. The Balaban J connectivity index is 1.67. The van der Waals surface area contributed by atoms with Crippen molar-refractivity contribution in [1.82, 2.24) is 0 Å². The molecule has 5 heteroatoms. The highest BCUT2D eigenvalue weighted by Gasteiger charge is 2.02. The summed E-state index contributed by atoms with van der Waals surface area (Å²) >= 11 is 9.36. The maximum Gasteiger partial charge on any atom is 0.121 e. The molecule has 24 heavy (non-hydrogen) atoms. The van der Waals surface area contributed by atoms with Gasteiger partial charge in [-0.1, -0.05) is 29.4 Å². The van der Waals surface area contributed by atoms with E-state index in [2.05, 4.69) is 17.1 Å². The fraction of sp³-hybridized carbons (Fsp3) is 0.105. The van der Waals surface area contributed by atoms with Crippen molar-refractivity contribution < 1.29 is 4.74 Å². The highest BCUT2D eigenvalue weighted by atomic mass is 35.5. The average Bonchev–Trinajstić information content (AvgIpc) is 3.03. The third-order valence-electron chi connectivity index (χ3n) is 3.10. The molecule has 0 bridgehead atoms. The van der Waals surface area contributed by atoms with Crippen LogP contribution in [-0.2, 0) is 0 Å². The summed E-state index contributed by atoms with van der Waals surface area (Å²) in [6.07, 6.45) is 1.89. The summed E-state index contributed by atoms with van der Waals surface area (Å²) < 4.78 is 6.72. The van der Waals surface area contributed by atoms with E-state index in [1.807, 2.05) is 61.7 Å². The van der Waals surface area contributed by atoms with Crippen LogP contribution in [0.15, 0.2) is 74.8 Å². The van der Waals surface area contributed by atoms with E-state index in [1.54, 1.807) is 23.1 Å². The minimum Gasteiger partial charge on any atom is -0.494 e. The predicted molar refractivity (Wildman–Crippen MR) is 105 cm³/mol. The molecule has 0 radical (unpaired) electrons. The van der Waals surface area contributed by atoms with Crippen LogP contribution in [0.1, 0.15) is 11.8 Å². The number of rotatable bonds is 6. The lowest BCUT2D eigenvalue weighted by Gasteiger charge is -2.02. The number of ether oxygens (including phenoxy) is 1. The molecule has 3 aromatic rings. The summed E-state index contributed by atoms with van der Waals surface area (Å²) in [7, 11) is 0. The van der Waals surface area contributed by atoms with Crippen molar-refractivity contribution in [2.24, 2.45) is 4.99 Å². The Morgan fingerprint density at radius 1 is 1.12 bits per heavy atom. The Bertz CT molecular complexity index is 827. The minimum absolute atomic E-state index is 0.656. The van der Waals surface area contributed by atoms with Crippen molar-refractivity contribution in [2.45, 2.75) is 16.0 Å². The van der Waals surface area contributed by atoms with Gasteiger partial charge in [-0.3, -0.25) is 4.99 Å². The van der Waals surface area contributed by atoms with Crippen LogP contribution in [0.4, 0.5) is 5.69 Å². The molecule has 2 aromatic carbocycles. The second-order valence-corrected chi connectivity index (χ2v) is 7.83. The Hall–Kier alpha value is -1.75. The third kappa shape index (κ3) is 4.87. The van der Waals surface area contributed by atoms with Crippen LogP contribution in [0.3, 0.4) is 0 Å². The molecule has 0 saturated heterocycles. The summed E-state index contributed by atoms with van der Waals surface area (Å²) in [5.41, 5.74) is 0.890. The molecule has 2 nitrogen and oxygen atoms in total. The predicted octanol–water partition coefficient (Wildman–Crippen LogP) is 6.70. The average molecular weight is 374 g/mol. The maximum absolute atomic E-state index is 5.92. The van der Waals surface area contributed by atoms with Gasteiger partial charge in [0.05, 0.1) is 16.5 Å². The second kappa shape index (κ2) is 8.38. The molecular formula is C19H16ClNOS2. The second-order valence-electron chi connectivity index (χ2n) is 4.90. The molecule has 0 unspecified atom stereocenters. The highest BCUT2D eigenvalue weighted by Crippen LogP contribution is 2.33. The molecule has 0 aliphatic heterocycles. The van der Waals surface area contributed by atoms with Gasteiger partial charge in [-0.2, -0.15) is 0 Å². The lowest BCUT2D eigenvalue weighted by Crippen LogP contribution is -1.89. The van der Waals surface area contributed by atoms with Gasteiger partial charge in [0, 0.05) is 27.1 Å². The van der Waals surface area contributed by atoms with E-state index in [4.69, 9.17) is 16.3 Å². The minimum atomic E-state index is 0.656. The Labute approximate surface area is 155 Å². The molecule has 1 aromatic heterocycles. The molecule has 0 atom stereocenters. The van der Waals surface area contributed by atoms with Crippen LogP contribution < -0.4 is 4.74 Å².